The summed E-state index contributed by atoms with van der Waals surface area (Å²) in [5, 5.41) is 3.09. The van der Waals surface area contributed by atoms with E-state index in [2.05, 4.69) is 63.1 Å². The first-order valence-electron chi connectivity index (χ1n) is 12.4. The third-order valence-corrected chi connectivity index (χ3v) is 23.0. The molecular formula is C26H37NP4S4. The lowest BCUT2D eigenvalue weighted by Crippen LogP contribution is -2.34. The molecule has 2 aliphatic rings. The molecule has 5 rings (SSSR count). The molecular weight excluding hydrogens is 578 g/mol. The first-order valence-corrected chi connectivity index (χ1v) is 25.7. The van der Waals surface area contributed by atoms with E-state index in [0.717, 1.165) is 0 Å². The Hall–Kier alpha value is 0.840. The predicted molar refractivity (Wildman–Crippen MR) is 181 cm³/mol. The van der Waals surface area contributed by atoms with Crippen molar-refractivity contribution in [3.8, 4) is 9.75 Å². The van der Waals surface area contributed by atoms with Gasteiger partial charge in [-0.25, -0.2) is 0 Å². The highest BCUT2D eigenvalue weighted by molar-refractivity contribution is 8.20. The molecule has 0 fully saturated rings. The van der Waals surface area contributed by atoms with Crippen molar-refractivity contribution >= 4 is 99.9 Å². The smallest absolute Gasteiger partial charge is 0.0456 e. The first-order chi connectivity index (χ1) is 16.4. The Bertz CT molecular complexity index is 1360. The van der Waals surface area contributed by atoms with E-state index in [-0.39, 0.29) is 15.8 Å². The van der Waals surface area contributed by atoms with E-state index in [9.17, 15) is 0 Å². The molecule has 1 aromatic carbocycles. The second kappa shape index (κ2) is 10.4. The molecule has 0 N–H and O–H groups in total. The number of nitrogens with zero attached hydrogens (tertiary/aromatic N) is 1. The van der Waals surface area contributed by atoms with Crippen LogP contribution in [0, 0.1) is 0 Å². The molecule has 3 aromatic rings. The van der Waals surface area contributed by atoms with Crippen LogP contribution in [0.2, 0.25) is 0 Å². The second-order valence-electron chi connectivity index (χ2n) is 11.2. The fraction of sp³-hybridized carbons (Fsp3) is 0.538. The summed E-state index contributed by atoms with van der Waals surface area (Å²) in [7, 11) is -0.186. The van der Waals surface area contributed by atoms with Crippen LogP contribution in [0.1, 0.15) is 24.0 Å². The highest BCUT2D eigenvalue weighted by Crippen LogP contribution is 2.58. The van der Waals surface area contributed by atoms with E-state index < -0.39 is 12.1 Å². The van der Waals surface area contributed by atoms with Crippen LogP contribution in [-0.4, -0.2) is 64.9 Å². The van der Waals surface area contributed by atoms with Crippen LogP contribution in [0.4, 0.5) is 5.69 Å². The largest absolute Gasteiger partial charge is 0.371 e. The fourth-order valence-electron chi connectivity index (χ4n) is 5.54. The molecule has 0 aliphatic carbocycles. The van der Waals surface area contributed by atoms with Crippen LogP contribution >= 0.6 is 50.6 Å². The van der Waals surface area contributed by atoms with Gasteiger partial charge in [-0.15, -0.1) is 30.6 Å². The fourth-order valence-corrected chi connectivity index (χ4v) is 22.3. The minimum Gasteiger partial charge on any atom is -0.371 e. The van der Waals surface area contributed by atoms with Gasteiger partial charge in [0.1, 0.15) is 0 Å². The summed E-state index contributed by atoms with van der Waals surface area (Å²) in [5.74, 6) is 2.57. The maximum atomic E-state index is 6.19. The third-order valence-electron chi connectivity index (χ3n) is 6.73. The first kappa shape index (κ1) is 27.4. The van der Waals surface area contributed by atoms with Crippen LogP contribution in [0.5, 0.6) is 0 Å². The SMILES string of the molecule is CP(C)CP(CP(C)(C)=S)c1cc(-c2cc3cc4c5c(c3s2)CCCN5CCC4)sc1P(C)(C)=S. The second-order valence-corrected chi connectivity index (χ2v) is 31.6. The number of anilines is 1. The average Bonchev–Trinajstić information content (AvgIpc) is 3.37. The maximum Gasteiger partial charge on any atom is 0.0456 e. The van der Waals surface area contributed by atoms with E-state index in [0.29, 0.717) is 0 Å². The van der Waals surface area contributed by atoms with Crippen LogP contribution in [0.15, 0.2) is 18.2 Å². The molecule has 0 bridgehead atoms. The number of thiophene rings is 2. The van der Waals surface area contributed by atoms with Gasteiger partial charge in [0.15, 0.2) is 0 Å². The summed E-state index contributed by atoms with van der Waals surface area (Å²) in [5.41, 5.74) is 4.82. The van der Waals surface area contributed by atoms with Gasteiger partial charge in [0, 0.05) is 43.8 Å². The molecule has 2 aliphatic heterocycles. The number of aryl methyl sites for hydroxylation is 2. The quantitative estimate of drug-likeness (QED) is 0.247. The van der Waals surface area contributed by atoms with Crippen molar-refractivity contribution in [2.45, 2.75) is 25.7 Å². The van der Waals surface area contributed by atoms with Crippen molar-refractivity contribution in [3.05, 3.63) is 29.3 Å². The van der Waals surface area contributed by atoms with Crippen LogP contribution in [-0.2, 0) is 36.5 Å². The molecule has 0 radical (unpaired) electrons. The molecule has 35 heavy (non-hydrogen) atoms. The Morgan fingerprint density at radius 3 is 2.29 bits per heavy atom. The van der Waals surface area contributed by atoms with Crippen molar-refractivity contribution in [1.82, 2.24) is 0 Å². The normalized spacial score (nSPS) is 17.3. The van der Waals surface area contributed by atoms with Crippen LogP contribution in [0.3, 0.4) is 0 Å². The number of rotatable bonds is 7. The monoisotopic (exact) mass is 615 g/mol. The van der Waals surface area contributed by atoms with Crippen molar-refractivity contribution in [1.29, 1.82) is 0 Å². The Labute approximate surface area is 233 Å². The molecule has 1 nitrogen and oxygen atoms in total. The third kappa shape index (κ3) is 5.89. The molecule has 0 saturated heterocycles. The van der Waals surface area contributed by atoms with Gasteiger partial charge in [-0.2, -0.15) is 0 Å². The lowest BCUT2D eigenvalue weighted by molar-refractivity contribution is 0.637. The van der Waals surface area contributed by atoms with Crippen LogP contribution in [0.25, 0.3) is 19.8 Å². The molecule has 1 unspecified atom stereocenters. The summed E-state index contributed by atoms with van der Waals surface area (Å²) in [6.45, 7) is 16.7. The van der Waals surface area contributed by atoms with Gasteiger partial charge in [-0.1, -0.05) is 31.5 Å². The zero-order chi connectivity index (χ0) is 25.1. The number of hydrogen-bond donors (Lipinski definition) is 0. The van der Waals surface area contributed by atoms with E-state index in [1.165, 1.54) is 70.3 Å². The molecule has 2 aromatic heterocycles. The summed E-state index contributed by atoms with van der Waals surface area (Å²) in [4.78, 5) is 5.58. The molecule has 1 atom stereocenters. The maximum absolute atomic E-state index is 6.19. The molecule has 0 saturated carbocycles. The van der Waals surface area contributed by atoms with Gasteiger partial charge >= 0.3 is 0 Å². The summed E-state index contributed by atoms with van der Waals surface area (Å²) in [6, 6.07) is 4.79. The lowest BCUT2D eigenvalue weighted by atomic mass is 9.91. The number of benzene rings is 1. The number of hydrogen-bond acceptors (Lipinski definition) is 5. The number of fused-ring (bicyclic) bond motifs is 2. The molecule has 190 valence electrons. The summed E-state index contributed by atoms with van der Waals surface area (Å²) in [6.07, 6.45) is 5.07. The van der Waals surface area contributed by atoms with Crippen molar-refractivity contribution in [2.75, 3.05) is 69.8 Å². The van der Waals surface area contributed by atoms with Gasteiger partial charge < -0.3 is 4.90 Å². The van der Waals surface area contributed by atoms with Crippen molar-refractivity contribution in [3.63, 3.8) is 0 Å². The Kier molecular flexibility index (Phi) is 8.17. The zero-order valence-electron chi connectivity index (χ0n) is 21.8. The van der Waals surface area contributed by atoms with Gasteiger partial charge in [0.2, 0.25) is 0 Å². The predicted octanol–water partition coefficient (Wildman–Crippen LogP) is 8.20. The van der Waals surface area contributed by atoms with Crippen molar-refractivity contribution < 1.29 is 0 Å². The lowest BCUT2D eigenvalue weighted by Gasteiger charge is -2.37. The van der Waals surface area contributed by atoms with E-state index in [1.807, 2.05) is 22.7 Å². The van der Waals surface area contributed by atoms with E-state index >= 15 is 0 Å². The van der Waals surface area contributed by atoms with Crippen LogP contribution < -0.4 is 14.8 Å². The Morgan fingerprint density at radius 2 is 1.63 bits per heavy atom. The highest BCUT2D eigenvalue weighted by atomic mass is 32.4. The zero-order valence-corrected chi connectivity index (χ0v) is 28.6. The van der Waals surface area contributed by atoms with Gasteiger partial charge in [-0.3, -0.25) is 0 Å². The Balaban J connectivity index is 1.64. The molecule has 0 amide bonds. The van der Waals surface area contributed by atoms with E-state index in [1.54, 1.807) is 26.8 Å². The van der Waals surface area contributed by atoms with Gasteiger partial charge in [-0.05, 0) is 124 Å². The Morgan fingerprint density at radius 1 is 0.943 bits per heavy atom. The summed E-state index contributed by atoms with van der Waals surface area (Å²) < 4.78 is 3.08. The van der Waals surface area contributed by atoms with Gasteiger partial charge in [0.25, 0.3) is 0 Å². The minimum atomic E-state index is -1.53. The molecule has 4 heterocycles. The topological polar surface area (TPSA) is 3.24 Å². The summed E-state index contributed by atoms with van der Waals surface area (Å²) >= 11 is 16.3. The minimum absolute atomic E-state index is 0.0453. The standard InChI is InChI=1S/C26H37NP4S4/c1-28(2)16-29(17-30(3,4)32)21-15-23(35-26(21)31(5,6)33)22-14-19-13-18-9-7-11-27-12-8-10-20(24(18)27)25(19)34-22/h13-15H,7-12,16-17H2,1-6H3. The van der Waals surface area contributed by atoms with Crippen molar-refractivity contribution in [2.24, 2.45) is 0 Å². The van der Waals surface area contributed by atoms with Gasteiger partial charge in [0.05, 0.1) is 0 Å². The average molecular weight is 616 g/mol. The molecule has 9 heteroatoms. The molecule has 0 spiro atoms. The highest BCUT2D eigenvalue weighted by Gasteiger charge is 2.29. The van der Waals surface area contributed by atoms with E-state index in [4.69, 9.17) is 23.6 Å².